The maximum Gasteiger partial charge on any atom is 0.163 e. The highest BCUT2D eigenvalue weighted by Crippen LogP contribution is 2.28. The van der Waals surface area contributed by atoms with E-state index in [1.165, 1.54) is 32.1 Å². The smallest absolute Gasteiger partial charge is 0.163 e. The molecule has 6 heteroatoms. The van der Waals surface area contributed by atoms with Crippen molar-refractivity contribution in [3.63, 3.8) is 0 Å². The van der Waals surface area contributed by atoms with Crippen LogP contribution in [0.1, 0.15) is 37.8 Å². The topological polar surface area (TPSA) is 70.5 Å². The number of nitrogens with zero attached hydrogens (tertiary/aromatic N) is 3. The van der Waals surface area contributed by atoms with Crippen LogP contribution in [0.2, 0.25) is 0 Å². The number of likely N-dealkylation sites (N-methyl/N-ethyl adjacent to an activating group) is 1. The molecule has 1 aromatic carbocycles. The first-order valence-corrected chi connectivity index (χ1v) is 10.2. The van der Waals surface area contributed by atoms with E-state index >= 15 is 0 Å². The van der Waals surface area contributed by atoms with Crippen LogP contribution in [0.5, 0.6) is 5.75 Å². The third kappa shape index (κ3) is 5.69. The summed E-state index contributed by atoms with van der Waals surface area (Å²) in [5.74, 6) is 4.75. The van der Waals surface area contributed by atoms with Crippen molar-refractivity contribution in [1.82, 2.24) is 15.3 Å². The average Bonchev–Trinajstić information content (AvgIpc) is 2.78. The predicted octanol–water partition coefficient (Wildman–Crippen LogP) is 2.85. The van der Waals surface area contributed by atoms with Crippen LogP contribution in [0.3, 0.4) is 0 Å². The van der Waals surface area contributed by atoms with Gasteiger partial charge in [0, 0.05) is 31.3 Å². The number of aromatic nitrogens is 2. The maximum absolute atomic E-state index is 9.85. The molecule has 0 bridgehead atoms. The Bertz CT molecular complexity index is 843. The fraction of sp³-hybridized carbons (Fsp3) is 0.478. The van der Waals surface area contributed by atoms with Gasteiger partial charge in [-0.15, -0.1) is 6.42 Å². The first-order chi connectivity index (χ1) is 14.1. The number of hydrogen-bond acceptors (Lipinski definition) is 6. The molecule has 1 aromatic heterocycles. The quantitative estimate of drug-likeness (QED) is 0.671. The summed E-state index contributed by atoms with van der Waals surface area (Å²) in [5.41, 5.74) is 1.41. The molecule has 2 N–H and O–H groups in total. The Hall–Kier alpha value is -2.62. The van der Waals surface area contributed by atoms with Crippen molar-refractivity contribution < 1.29 is 9.84 Å². The first kappa shape index (κ1) is 21.1. The molecule has 0 spiro atoms. The molecule has 1 unspecified atom stereocenters. The van der Waals surface area contributed by atoms with E-state index in [0.717, 1.165) is 11.4 Å². The van der Waals surface area contributed by atoms with Crippen molar-refractivity contribution >= 4 is 5.82 Å². The summed E-state index contributed by atoms with van der Waals surface area (Å²) in [6.45, 7) is 0.690. The average molecular weight is 395 g/mol. The second-order valence-electron chi connectivity index (χ2n) is 7.53. The molecule has 1 heterocycles. The Kier molecular flexibility index (Phi) is 7.45. The van der Waals surface area contributed by atoms with Gasteiger partial charge in [-0.25, -0.2) is 9.97 Å². The molecule has 29 heavy (non-hydrogen) atoms. The minimum Gasteiger partial charge on any atom is -0.491 e. The molecule has 154 valence electrons. The second kappa shape index (κ2) is 10.2. The molecular weight excluding hydrogens is 364 g/mol. The minimum absolute atomic E-state index is 0.214. The van der Waals surface area contributed by atoms with Crippen LogP contribution in [-0.4, -0.2) is 54.5 Å². The Morgan fingerprint density at radius 1 is 1.28 bits per heavy atom. The maximum atomic E-state index is 9.85. The zero-order valence-corrected chi connectivity index (χ0v) is 17.3. The Labute approximate surface area is 173 Å². The van der Waals surface area contributed by atoms with Gasteiger partial charge in [0.25, 0.3) is 0 Å². The van der Waals surface area contributed by atoms with E-state index in [1.807, 2.05) is 30.3 Å². The fourth-order valence-corrected chi connectivity index (χ4v) is 3.69. The molecule has 1 aliphatic rings. The van der Waals surface area contributed by atoms with Gasteiger partial charge in [-0.05, 0) is 32.0 Å². The number of nitrogens with one attached hydrogen (secondary N) is 1. The van der Waals surface area contributed by atoms with Gasteiger partial charge >= 0.3 is 0 Å². The van der Waals surface area contributed by atoms with E-state index in [1.54, 1.807) is 7.05 Å². The van der Waals surface area contributed by atoms with Crippen LogP contribution < -0.4 is 15.0 Å². The molecule has 3 rings (SSSR count). The third-order valence-corrected chi connectivity index (χ3v) is 5.32. The molecule has 0 radical (unpaired) electrons. The lowest BCUT2D eigenvalue weighted by molar-refractivity contribution is 0.108. The number of anilines is 1. The molecular formula is C23H30N4O2. The van der Waals surface area contributed by atoms with E-state index < -0.39 is 6.10 Å². The van der Waals surface area contributed by atoms with Gasteiger partial charge in [0.15, 0.2) is 5.82 Å². The number of hydrogen-bond donors (Lipinski definition) is 2. The Morgan fingerprint density at radius 3 is 2.79 bits per heavy atom. The number of ether oxygens (including phenoxy) is 1. The zero-order valence-electron chi connectivity index (χ0n) is 17.3. The SMILES string of the molecule is C#Cc1cc(N(C)C2CCCCC2)nc(-c2cccc(OCC(O)CNC)c2)n1. The summed E-state index contributed by atoms with van der Waals surface area (Å²) in [6.07, 6.45) is 11.3. The molecule has 1 saturated carbocycles. The summed E-state index contributed by atoms with van der Waals surface area (Å²) in [7, 11) is 3.88. The zero-order chi connectivity index (χ0) is 20.6. The van der Waals surface area contributed by atoms with Crippen molar-refractivity contribution in [1.29, 1.82) is 0 Å². The number of aliphatic hydroxyl groups excluding tert-OH is 1. The summed E-state index contributed by atoms with van der Waals surface area (Å²) < 4.78 is 5.72. The Morgan fingerprint density at radius 2 is 2.07 bits per heavy atom. The summed E-state index contributed by atoms with van der Waals surface area (Å²) in [6, 6.07) is 9.94. The minimum atomic E-state index is -0.569. The Balaban J connectivity index is 1.82. The largest absolute Gasteiger partial charge is 0.491 e. The van der Waals surface area contributed by atoms with Gasteiger partial charge in [0.05, 0.1) is 0 Å². The lowest BCUT2D eigenvalue weighted by Gasteiger charge is -2.32. The molecule has 0 amide bonds. The molecule has 0 aliphatic heterocycles. The lowest BCUT2D eigenvalue weighted by Crippen LogP contribution is -2.34. The van der Waals surface area contributed by atoms with E-state index in [-0.39, 0.29) is 6.61 Å². The van der Waals surface area contributed by atoms with Gasteiger partial charge in [-0.3, -0.25) is 0 Å². The van der Waals surface area contributed by atoms with Crippen LogP contribution in [0.4, 0.5) is 5.82 Å². The first-order valence-electron chi connectivity index (χ1n) is 10.2. The summed E-state index contributed by atoms with van der Waals surface area (Å²) >= 11 is 0. The highest BCUT2D eigenvalue weighted by Gasteiger charge is 2.20. The van der Waals surface area contributed by atoms with Crippen molar-refractivity contribution in [2.24, 2.45) is 0 Å². The van der Waals surface area contributed by atoms with Crippen LogP contribution in [0.15, 0.2) is 30.3 Å². The predicted molar refractivity (Wildman–Crippen MR) is 116 cm³/mol. The van der Waals surface area contributed by atoms with Gasteiger partial charge in [-0.1, -0.05) is 37.3 Å². The van der Waals surface area contributed by atoms with Gasteiger partial charge in [0.2, 0.25) is 0 Å². The number of terminal acetylenes is 1. The van der Waals surface area contributed by atoms with Crippen LogP contribution in [0, 0.1) is 12.3 Å². The highest BCUT2D eigenvalue weighted by molar-refractivity contribution is 5.61. The van der Waals surface area contributed by atoms with Gasteiger partial charge in [-0.2, -0.15) is 0 Å². The standard InChI is InChI=1S/C23H30N4O2/c1-4-18-14-22(27(3)19-10-6-5-7-11-19)26-23(25-18)17-9-8-12-21(13-17)29-16-20(28)15-24-2/h1,8-9,12-14,19-20,24,28H,5-7,10-11,15-16H2,2-3H3. The van der Waals surface area contributed by atoms with E-state index in [0.29, 0.717) is 29.9 Å². The number of benzene rings is 1. The molecule has 1 aliphatic carbocycles. The van der Waals surface area contributed by atoms with Crippen molar-refractivity contribution in [3.05, 3.63) is 36.0 Å². The second-order valence-corrected chi connectivity index (χ2v) is 7.53. The van der Waals surface area contributed by atoms with Crippen LogP contribution in [0.25, 0.3) is 11.4 Å². The molecule has 0 saturated heterocycles. The van der Waals surface area contributed by atoms with Crippen LogP contribution in [-0.2, 0) is 0 Å². The van der Waals surface area contributed by atoms with Crippen LogP contribution >= 0.6 is 0 Å². The number of rotatable bonds is 8. The van der Waals surface area contributed by atoms with Gasteiger partial charge < -0.3 is 20.1 Å². The normalized spacial score (nSPS) is 15.5. The van der Waals surface area contributed by atoms with E-state index in [9.17, 15) is 5.11 Å². The van der Waals surface area contributed by atoms with Crippen molar-refractivity contribution in [2.75, 3.05) is 32.1 Å². The molecule has 6 nitrogen and oxygen atoms in total. The van der Waals surface area contributed by atoms with Gasteiger partial charge in [0.1, 0.15) is 30.0 Å². The molecule has 1 atom stereocenters. The molecule has 1 fully saturated rings. The lowest BCUT2D eigenvalue weighted by atomic mass is 9.94. The highest BCUT2D eigenvalue weighted by atomic mass is 16.5. The van der Waals surface area contributed by atoms with E-state index in [2.05, 4.69) is 28.2 Å². The molecule has 2 aromatic rings. The third-order valence-electron chi connectivity index (χ3n) is 5.32. The fourth-order valence-electron chi connectivity index (χ4n) is 3.69. The number of aliphatic hydroxyl groups is 1. The van der Waals surface area contributed by atoms with Crippen molar-refractivity contribution in [2.45, 2.75) is 44.2 Å². The monoisotopic (exact) mass is 394 g/mol. The summed E-state index contributed by atoms with van der Waals surface area (Å²) in [4.78, 5) is 11.6. The van der Waals surface area contributed by atoms with E-state index in [4.69, 9.17) is 16.1 Å². The summed E-state index contributed by atoms with van der Waals surface area (Å²) in [5, 5.41) is 12.8. The van der Waals surface area contributed by atoms with Crippen molar-refractivity contribution in [3.8, 4) is 29.5 Å².